The lowest BCUT2D eigenvalue weighted by Crippen LogP contribution is -2.59. The molecule has 0 aromatic carbocycles. The third-order valence-electron chi connectivity index (χ3n) is 3.60. The summed E-state index contributed by atoms with van der Waals surface area (Å²) < 4.78 is 5.14. The fourth-order valence-electron chi connectivity index (χ4n) is 2.62. The van der Waals surface area contributed by atoms with E-state index in [2.05, 4.69) is 5.32 Å². The van der Waals surface area contributed by atoms with Gasteiger partial charge in [-0.15, -0.1) is 11.8 Å². The van der Waals surface area contributed by atoms with Crippen molar-refractivity contribution >= 4 is 29.7 Å². The van der Waals surface area contributed by atoms with Crippen molar-refractivity contribution in [2.75, 3.05) is 12.4 Å². The van der Waals surface area contributed by atoms with Gasteiger partial charge in [0, 0.05) is 12.2 Å². The number of carbonyl (C=O) groups is 3. The lowest BCUT2D eigenvalue weighted by molar-refractivity contribution is -0.140. The topological polar surface area (TPSA) is 122 Å². The van der Waals surface area contributed by atoms with E-state index in [1.165, 1.54) is 16.7 Å². The Balaban J connectivity index is 2.17. The molecule has 0 spiro atoms. The summed E-state index contributed by atoms with van der Waals surface area (Å²) in [7, 11) is 0. The first-order valence-corrected chi connectivity index (χ1v) is 8.00. The van der Waals surface area contributed by atoms with Gasteiger partial charge in [-0.3, -0.25) is 9.59 Å². The van der Waals surface area contributed by atoms with Crippen LogP contribution in [0.15, 0.2) is 0 Å². The molecule has 0 bridgehead atoms. The molecule has 2 fully saturated rings. The number of aliphatic hydroxyl groups excluding tert-OH is 1. The molecular formula is C13H21N3O5S. The maximum Gasteiger partial charge on any atom is 0.408 e. The summed E-state index contributed by atoms with van der Waals surface area (Å²) in [5, 5.41) is 11.9. The molecule has 9 heteroatoms. The van der Waals surface area contributed by atoms with Crippen molar-refractivity contribution < 1.29 is 24.2 Å². The molecule has 124 valence electrons. The second-order valence-electron chi connectivity index (χ2n) is 6.49. The maximum atomic E-state index is 12.6. The van der Waals surface area contributed by atoms with Crippen LogP contribution >= 0.6 is 11.8 Å². The van der Waals surface area contributed by atoms with Crippen LogP contribution in [-0.2, 0) is 14.3 Å². The fraction of sp³-hybridized carbons (Fsp3) is 0.769. The molecule has 0 radical (unpaired) electrons. The molecule has 2 aliphatic rings. The Labute approximate surface area is 132 Å². The zero-order valence-electron chi connectivity index (χ0n) is 12.8. The van der Waals surface area contributed by atoms with Crippen LogP contribution in [0.4, 0.5) is 4.79 Å². The number of nitrogens with one attached hydrogen (secondary N) is 1. The van der Waals surface area contributed by atoms with Gasteiger partial charge in [-0.1, -0.05) is 0 Å². The first-order chi connectivity index (χ1) is 10.1. The maximum absolute atomic E-state index is 12.6. The average Bonchev–Trinajstić information content (AvgIpc) is 2.87. The van der Waals surface area contributed by atoms with E-state index in [-0.39, 0.29) is 11.8 Å². The van der Waals surface area contributed by atoms with Crippen molar-refractivity contribution in [1.29, 1.82) is 0 Å². The van der Waals surface area contributed by atoms with Crippen molar-refractivity contribution in [1.82, 2.24) is 10.2 Å². The number of primary amides is 1. The predicted octanol–water partition coefficient (Wildman–Crippen LogP) is -0.599. The lowest BCUT2D eigenvalue weighted by atomic mass is 9.99. The summed E-state index contributed by atoms with van der Waals surface area (Å²) in [5.41, 5.74) is 3.13. The van der Waals surface area contributed by atoms with Crippen LogP contribution in [0.2, 0.25) is 0 Å². The number of fused-ring (bicyclic) bond motifs is 1. The summed E-state index contributed by atoms with van der Waals surface area (Å²) >= 11 is 1.41. The minimum absolute atomic E-state index is 0.204. The second-order valence-corrected chi connectivity index (χ2v) is 7.70. The molecule has 2 saturated heterocycles. The van der Waals surface area contributed by atoms with Crippen LogP contribution < -0.4 is 11.1 Å². The zero-order valence-corrected chi connectivity index (χ0v) is 13.6. The zero-order chi connectivity index (χ0) is 16.7. The number of alkyl carbamates (subject to hydrolysis) is 1. The summed E-state index contributed by atoms with van der Waals surface area (Å²) in [6.07, 6.45) is -0.576. The van der Waals surface area contributed by atoms with E-state index < -0.39 is 41.7 Å². The first kappa shape index (κ1) is 16.9. The average molecular weight is 331 g/mol. The Kier molecular flexibility index (Phi) is 4.31. The molecule has 2 heterocycles. The largest absolute Gasteiger partial charge is 0.444 e. The number of carbonyl (C=O) groups excluding carboxylic acids is 3. The molecule has 2 rings (SSSR count). The van der Waals surface area contributed by atoms with Gasteiger partial charge in [-0.05, 0) is 20.8 Å². The fourth-order valence-corrected chi connectivity index (χ4v) is 4.15. The third kappa shape index (κ3) is 3.00. The van der Waals surface area contributed by atoms with Gasteiger partial charge < -0.3 is 25.8 Å². The first-order valence-electron chi connectivity index (χ1n) is 6.95. The van der Waals surface area contributed by atoms with Gasteiger partial charge in [0.15, 0.2) is 0 Å². The summed E-state index contributed by atoms with van der Waals surface area (Å²) in [6, 6.07) is -0.712. The summed E-state index contributed by atoms with van der Waals surface area (Å²) in [6.45, 7) is 4.54. The number of hydrogen-bond acceptors (Lipinski definition) is 6. The molecule has 3 atom stereocenters. The molecule has 0 saturated carbocycles. The quantitative estimate of drug-likeness (QED) is 0.635. The molecule has 8 nitrogen and oxygen atoms in total. The van der Waals surface area contributed by atoms with Crippen LogP contribution in [0.25, 0.3) is 0 Å². The number of nitrogens with two attached hydrogens (primary N) is 1. The highest BCUT2D eigenvalue weighted by Crippen LogP contribution is 2.42. The van der Waals surface area contributed by atoms with E-state index in [4.69, 9.17) is 10.5 Å². The van der Waals surface area contributed by atoms with E-state index in [1.54, 1.807) is 20.8 Å². The molecule has 2 aliphatic heterocycles. The number of amides is 3. The third-order valence-corrected chi connectivity index (χ3v) is 4.88. The highest BCUT2D eigenvalue weighted by atomic mass is 32.2. The van der Waals surface area contributed by atoms with Gasteiger partial charge in [0.25, 0.3) is 5.91 Å². The Morgan fingerprint density at radius 3 is 2.68 bits per heavy atom. The molecule has 0 aliphatic carbocycles. The predicted molar refractivity (Wildman–Crippen MR) is 79.9 cm³/mol. The lowest BCUT2D eigenvalue weighted by Gasteiger charge is -2.29. The normalized spacial score (nSPS) is 31.1. The Morgan fingerprint density at radius 2 is 2.18 bits per heavy atom. The van der Waals surface area contributed by atoms with Gasteiger partial charge in [0.2, 0.25) is 5.91 Å². The standard InChI is InChI=1S/C13H21N3O5S/c1-12(2,3)21-11(20)15-13(6-17)4-8-16(10(13)19)7(5-22-8)9(14)18/h7-8,17H,4-6H2,1-3H3,(H2,14,18)(H,15,20)/t7-,8-,13-/m0/s1. The highest BCUT2D eigenvalue weighted by molar-refractivity contribution is 8.00. The molecule has 0 aromatic rings. The van der Waals surface area contributed by atoms with Crippen LogP contribution in [0.3, 0.4) is 0 Å². The minimum atomic E-state index is -1.46. The monoisotopic (exact) mass is 331 g/mol. The number of rotatable bonds is 3. The SMILES string of the molecule is CC(C)(C)OC(=O)N[C@]1(CO)C[C@@H]2SC[C@@H](C(N)=O)N2C1=O. The van der Waals surface area contributed by atoms with Gasteiger partial charge >= 0.3 is 6.09 Å². The number of thioether (sulfide) groups is 1. The van der Waals surface area contributed by atoms with E-state index in [9.17, 15) is 19.5 Å². The number of ether oxygens (including phenoxy) is 1. The molecule has 3 amide bonds. The number of nitrogens with zero attached hydrogens (tertiary/aromatic N) is 1. The Hall–Kier alpha value is -1.48. The molecule has 4 N–H and O–H groups in total. The molecule has 0 unspecified atom stereocenters. The Bertz CT molecular complexity index is 506. The van der Waals surface area contributed by atoms with Crippen LogP contribution in [0, 0.1) is 0 Å². The van der Waals surface area contributed by atoms with Gasteiger partial charge in [-0.2, -0.15) is 0 Å². The highest BCUT2D eigenvalue weighted by Gasteiger charge is 2.58. The summed E-state index contributed by atoms with van der Waals surface area (Å²) in [5.74, 6) is -0.659. The number of aliphatic hydroxyl groups is 1. The minimum Gasteiger partial charge on any atom is -0.444 e. The van der Waals surface area contributed by atoms with Crippen LogP contribution in [0.5, 0.6) is 0 Å². The molecule has 0 aromatic heterocycles. The van der Waals surface area contributed by atoms with E-state index in [0.29, 0.717) is 5.75 Å². The van der Waals surface area contributed by atoms with Crippen LogP contribution in [-0.4, -0.2) is 62.8 Å². The summed E-state index contributed by atoms with van der Waals surface area (Å²) in [4.78, 5) is 37.4. The molecular weight excluding hydrogens is 310 g/mol. The van der Waals surface area contributed by atoms with E-state index >= 15 is 0 Å². The van der Waals surface area contributed by atoms with Crippen molar-refractivity contribution in [2.24, 2.45) is 5.73 Å². The van der Waals surface area contributed by atoms with Gasteiger partial charge in [0.05, 0.1) is 12.0 Å². The van der Waals surface area contributed by atoms with Crippen molar-refractivity contribution in [2.45, 2.75) is 49.7 Å². The van der Waals surface area contributed by atoms with Crippen molar-refractivity contribution in [3.63, 3.8) is 0 Å². The second kappa shape index (κ2) is 5.62. The number of hydrogen-bond donors (Lipinski definition) is 3. The van der Waals surface area contributed by atoms with E-state index in [1.807, 2.05) is 0 Å². The molecule has 22 heavy (non-hydrogen) atoms. The smallest absolute Gasteiger partial charge is 0.408 e. The van der Waals surface area contributed by atoms with Crippen molar-refractivity contribution in [3.05, 3.63) is 0 Å². The van der Waals surface area contributed by atoms with E-state index in [0.717, 1.165) is 0 Å². The van der Waals surface area contributed by atoms with Crippen molar-refractivity contribution in [3.8, 4) is 0 Å². The van der Waals surface area contributed by atoms with Gasteiger partial charge in [0.1, 0.15) is 17.2 Å². The van der Waals surface area contributed by atoms with Crippen LogP contribution in [0.1, 0.15) is 27.2 Å². The van der Waals surface area contributed by atoms with Gasteiger partial charge in [-0.25, -0.2) is 4.79 Å². The Morgan fingerprint density at radius 1 is 1.55 bits per heavy atom.